The number of rotatable bonds is 2. The van der Waals surface area contributed by atoms with Crippen LogP contribution in [0.3, 0.4) is 0 Å². The van der Waals surface area contributed by atoms with E-state index in [2.05, 4.69) is 5.32 Å². The average Bonchev–Trinajstić information content (AvgIpc) is 2.25. The number of hydrogen-bond donors (Lipinski definition) is 4. The van der Waals surface area contributed by atoms with Crippen LogP contribution in [0.5, 0.6) is 0 Å². The van der Waals surface area contributed by atoms with E-state index in [-0.39, 0.29) is 13.2 Å². The monoisotopic (exact) mass is 250 g/mol. The van der Waals surface area contributed by atoms with E-state index in [1.54, 1.807) is 19.0 Å². The van der Waals surface area contributed by atoms with Crippen LogP contribution in [0, 0.1) is 0 Å². The first-order chi connectivity index (χ1) is 7.47. The quantitative estimate of drug-likeness (QED) is 0.418. The Bertz CT molecular complexity index is 252. The second-order valence-electron chi connectivity index (χ2n) is 3.99. The predicted octanol–water partition coefficient (Wildman–Crippen LogP) is -2.10. The van der Waals surface area contributed by atoms with Gasteiger partial charge in [0.15, 0.2) is 5.11 Å². The van der Waals surface area contributed by atoms with Crippen LogP contribution in [0.15, 0.2) is 0 Å². The van der Waals surface area contributed by atoms with Crippen molar-refractivity contribution in [1.82, 2.24) is 10.2 Å². The lowest BCUT2D eigenvalue weighted by Crippen LogP contribution is -2.60. The molecule has 0 amide bonds. The summed E-state index contributed by atoms with van der Waals surface area (Å²) < 4.78 is 5.20. The third-order valence-corrected chi connectivity index (χ3v) is 3.01. The Hall–Kier alpha value is -0.470. The molecule has 0 aliphatic carbocycles. The van der Waals surface area contributed by atoms with E-state index >= 15 is 0 Å². The highest BCUT2D eigenvalue weighted by molar-refractivity contribution is 7.80. The summed E-state index contributed by atoms with van der Waals surface area (Å²) in [7, 11) is 3.55. The molecule has 7 heteroatoms. The fraction of sp³-hybridized carbons (Fsp3) is 0.889. The number of ether oxygens (including phenoxy) is 1. The van der Waals surface area contributed by atoms with Crippen molar-refractivity contribution >= 4 is 17.3 Å². The third kappa shape index (κ3) is 3.02. The Morgan fingerprint density at radius 3 is 2.56 bits per heavy atom. The van der Waals surface area contributed by atoms with E-state index in [0.717, 1.165) is 0 Å². The first-order valence-corrected chi connectivity index (χ1v) is 5.44. The summed E-state index contributed by atoms with van der Waals surface area (Å²) in [6.45, 7) is -0.124. The van der Waals surface area contributed by atoms with Crippen LogP contribution in [-0.2, 0) is 4.74 Å². The van der Waals surface area contributed by atoms with Gasteiger partial charge in [-0.15, -0.1) is 0 Å². The van der Waals surface area contributed by atoms with Gasteiger partial charge >= 0.3 is 0 Å². The molecule has 0 aromatic carbocycles. The second kappa shape index (κ2) is 5.74. The molecule has 1 saturated heterocycles. The Kier molecular flexibility index (Phi) is 4.88. The minimum atomic E-state index is -1.11. The standard InChI is InChI=1S/C9H18N2O4S/c1-11(2)9(16)10-5-4-15-6(3-12)8(14)7(5)13/h5-8,12-14H,3-4H2,1-2H3,(H,10,16). The maximum atomic E-state index is 9.79. The van der Waals surface area contributed by atoms with Gasteiger partial charge in [-0.2, -0.15) is 0 Å². The van der Waals surface area contributed by atoms with Crippen LogP contribution >= 0.6 is 12.2 Å². The minimum Gasteiger partial charge on any atom is -0.394 e. The molecule has 4 atom stereocenters. The van der Waals surface area contributed by atoms with Crippen LogP contribution in [0.2, 0.25) is 0 Å². The van der Waals surface area contributed by atoms with Gasteiger partial charge in [0.25, 0.3) is 0 Å². The van der Waals surface area contributed by atoms with Crippen LogP contribution in [0.1, 0.15) is 0 Å². The highest BCUT2D eigenvalue weighted by atomic mass is 32.1. The fourth-order valence-electron chi connectivity index (χ4n) is 1.46. The van der Waals surface area contributed by atoms with Crippen molar-refractivity contribution in [2.24, 2.45) is 0 Å². The Labute approximate surface area is 99.8 Å². The zero-order valence-corrected chi connectivity index (χ0v) is 10.1. The molecule has 1 rings (SSSR count). The minimum absolute atomic E-state index is 0.192. The third-order valence-electron chi connectivity index (χ3n) is 2.53. The molecule has 1 fully saturated rings. The van der Waals surface area contributed by atoms with Crippen molar-refractivity contribution in [3.8, 4) is 0 Å². The van der Waals surface area contributed by atoms with E-state index in [0.29, 0.717) is 5.11 Å². The zero-order chi connectivity index (χ0) is 12.3. The lowest BCUT2D eigenvalue weighted by Gasteiger charge is -2.38. The summed E-state index contributed by atoms with van der Waals surface area (Å²) in [4.78, 5) is 1.69. The van der Waals surface area contributed by atoms with Gasteiger partial charge in [-0.25, -0.2) is 0 Å². The Morgan fingerprint density at radius 2 is 2.06 bits per heavy atom. The first kappa shape index (κ1) is 13.6. The van der Waals surface area contributed by atoms with E-state index in [9.17, 15) is 10.2 Å². The molecule has 0 spiro atoms. The largest absolute Gasteiger partial charge is 0.394 e. The van der Waals surface area contributed by atoms with Crippen molar-refractivity contribution in [1.29, 1.82) is 0 Å². The van der Waals surface area contributed by atoms with Gasteiger partial charge in [0.2, 0.25) is 0 Å². The van der Waals surface area contributed by atoms with Crippen molar-refractivity contribution in [3.63, 3.8) is 0 Å². The predicted molar refractivity (Wildman–Crippen MR) is 62.0 cm³/mol. The smallest absolute Gasteiger partial charge is 0.168 e. The van der Waals surface area contributed by atoms with E-state index in [4.69, 9.17) is 22.1 Å². The van der Waals surface area contributed by atoms with Crippen molar-refractivity contribution in [2.75, 3.05) is 27.3 Å². The second-order valence-corrected chi connectivity index (χ2v) is 4.37. The highest BCUT2D eigenvalue weighted by Crippen LogP contribution is 2.15. The lowest BCUT2D eigenvalue weighted by atomic mass is 9.98. The zero-order valence-electron chi connectivity index (χ0n) is 9.33. The number of nitrogens with one attached hydrogen (secondary N) is 1. The van der Waals surface area contributed by atoms with Crippen LogP contribution in [0.4, 0.5) is 0 Å². The summed E-state index contributed by atoms with van der Waals surface area (Å²) >= 11 is 5.03. The van der Waals surface area contributed by atoms with Crippen LogP contribution < -0.4 is 5.32 Å². The van der Waals surface area contributed by atoms with E-state index in [1.165, 1.54) is 0 Å². The molecule has 0 aromatic heterocycles. The first-order valence-electron chi connectivity index (χ1n) is 5.03. The molecule has 1 aliphatic heterocycles. The molecule has 0 aromatic rings. The number of thiocarbonyl (C=S) groups is 1. The molecular weight excluding hydrogens is 232 g/mol. The van der Waals surface area contributed by atoms with Gasteiger partial charge in [-0.05, 0) is 12.2 Å². The lowest BCUT2D eigenvalue weighted by molar-refractivity contribution is -0.159. The van der Waals surface area contributed by atoms with Crippen molar-refractivity contribution in [3.05, 3.63) is 0 Å². The van der Waals surface area contributed by atoms with Gasteiger partial charge in [-0.1, -0.05) is 0 Å². The molecule has 0 radical (unpaired) electrons. The van der Waals surface area contributed by atoms with E-state index < -0.39 is 24.4 Å². The summed E-state index contributed by atoms with van der Waals surface area (Å²) in [5, 5.41) is 31.6. The van der Waals surface area contributed by atoms with Crippen LogP contribution in [0.25, 0.3) is 0 Å². The molecule has 0 bridgehead atoms. The van der Waals surface area contributed by atoms with E-state index in [1.807, 2.05) is 0 Å². The maximum Gasteiger partial charge on any atom is 0.168 e. The number of nitrogens with zero attached hydrogens (tertiary/aromatic N) is 1. The SMILES string of the molecule is CN(C)C(=S)NC1COC(CO)C(O)C1O. The summed E-state index contributed by atoms with van der Waals surface area (Å²) in [5.41, 5.74) is 0. The molecule has 94 valence electrons. The number of hydrogen-bond acceptors (Lipinski definition) is 5. The number of aliphatic hydroxyl groups excluding tert-OH is 3. The van der Waals surface area contributed by atoms with Crippen molar-refractivity contribution < 1.29 is 20.1 Å². The van der Waals surface area contributed by atoms with Crippen molar-refractivity contribution in [2.45, 2.75) is 24.4 Å². The molecule has 0 saturated carbocycles. The van der Waals surface area contributed by atoms with Gasteiger partial charge in [-0.3, -0.25) is 0 Å². The van der Waals surface area contributed by atoms with Gasteiger partial charge in [0, 0.05) is 14.1 Å². The van der Waals surface area contributed by atoms with Gasteiger partial charge < -0.3 is 30.3 Å². The summed E-state index contributed by atoms with van der Waals surface area (Å²) in [6.07, 6.45) is -2.86. The molecular formula is C9H18N2O4S. The summed E-state index contributed by atoms with van der Waals surface area (Å²) in [5.74, 6) is 0. The Balaban J connectivity index is 2.54. The van der Waals surface area contributed by atoms with Crippen LogP contribution in [-0.4, -0.2) is 77.0 Å². The molecule has 6 nitrogen and oxygen atoms in total. The fourth-order valence-corrected chi connectivity index (χ4v) is 1.61. The average molecular weight is 250 g/mol. The molecule has 1 aliphatic rings. The van der Waals surface area contributed by atoms with Gasteiger partial charge in [0.05, 0.1) is 19.3 Å². The molecule has 4 unspecified atom stereocenters. The Morgan fingerprint density at radius 1 is 1.44 bits per heavy atom. The normalized spacial score (nSPS) is 34.6. The van der Waals surface area contributed by atoms with Gasteiger partial charge in [0.1, 0.15) is 18.3 Å². The molecule has 1 heterocycles. The molecule has 16 heavy (non-hydrogen) atoms. The summed E-state index contributed by atoms with van der Waals surface area (Å²) in [6, 6.07) is -0.465. The number of aliphatic hydroxyl groups is 3. The molecule has 4 N–H and O–H groups in total. The highest BCUT2D eigenvalue weighted by Gasteiger charge is 2.38. The maximum absolute atomic E-state index is 9.79. The topological polar surface area (TPSA) is 85.2 Å².